The molecule has 0 aromatic heterocycles. The third kappa shape index (κ3) is 2.80. The van der Waals surface area contributed by atoms with Crippen molar-refractivity contribution in [3.63, 3.8) is 0 Å². The quantitative estimate of drug-likeness (QED) is 0.405. The van der Waals surface area contributed by atoms with E-state index in [1.165, 1.54) is 47.4 Å². The van der Waals surface area contributed by atoms with Crippen LogP contribution in [0.1, 0.15) is 52.4 Å². The molecule has 3 saturated carbocycles. The molecular weight excluding hydrogens is 361 g/mol. The fourth-order valence-electron chi connectivity index (χ4n) is 5.54. The first kappa shape index (κ1) is 15.2. The van der Waals surface area contributed by atoms with Gasteiger partial charge < -0.3 is 0 Å². The molecule has 0 aromatic rings. The van der Waals surface area contributed by atoms with Crippen LogP contribution in [0.4, 0.5) is 0 Å². The third-order valence-electron chi connectivity index (χ3n) is 6.33. The number of fused-ring (bicyclic) bond motifs is 3. The molecular formula is C17H29INO-. The summed E-state index contributed by atoms with van der Waals surface area (Å²) in [6.07, 6.45) is 8.21. The first-order valence-corrected chi connectivity index (χ1v) is 11.7. The topological polar surface area (TPSA) is 29.4 Å². The van der Waals surface area contributed by atoms with E-state index in [1.54, 1.807) is 0 Å². The van der Waals surface area contributed by atoms with Crippen LogP contribution in [0, 0.1) is 40.4 Å². The van der Waals surface area contributed by atoms with Gasteiger partial charge in [-0.15, -0.1) is 0 Å². The molecule has 6 unspecified atom stereocenters. The van der Waals surface area contributed by atoms with E-state index in [-0.39, 0.29) is 6.04 Å². The minimum atomic E-state index is 0.176. The van der Waals surface area contributed by atoms with Crippen molar-refractivity contribution in [2.45, 2.75) is 58.4 Å². The van der Waals surface area contributed by atoms with Crippen molar-refractivity contribution in [1.82, 2.24) is 0 Å². The van der Waals surface area contributed by atoms with E-state index in [0.29, 0.717) is 33.0 Å². The first-order valence-electron chi connectivity index (χ1n) is 8.60. The number of nitrogens with zero attached hydrogens (tertiary/aromatic N) is 1. The maximum absolute atomic E-state index is 11.4. The normalized spacial score (nSPS) is 47.8. The van der Waals surface area contributed by atoms with Crippen LogP contribution in [0.5, 0.6) is 0 Å². The van der Waals surface area contributed by atoms with Gasteiger partial charge in [0.15, 0.2) is 0 Å². The molecule has 3 rings (SSSR count). The molecule has 0 spiro atoms. The van der Waals surface area contributed by atoms with Gasteiger partial charge in [0.05, 0.1) is 0 Å². The average molecular weight is 390 g/mol. The van der Waals surface area contributed by atoms with Gasteiger partial charge in [-0.05, 0) is 0 Å². The summed E-state index contributed by atoms with van der Waals surface area (Å²) in [5.74, 6) is 4.81. The van der Waals surface area contributed by atoms with Gasteiger partial charge in [0, 0.05) is 0 Å². The van der Waals surface area contributed by atoms with Crippen LogP contribution < -0.4 is 21.2 Å². The van der Waals surface area contributed by atoms with Crippen molar-refractivity contribution in [2.75, 3.05) is 8.86 Å². The second-order valence-electron chi connectivity index (χ2n) is 7.46. The van der Waals surface area contributed by atoms with Crippen LogP contribution >= 0.6 is 0 Å². The Balaban J connectivity index is 1.68. The number of nitroso groups, excluding NO2 is 1. The number of alkyl halides is 2. The van der Waals surface area contributed by atoms with Gasteiger partial charge in [0.2, 0.25) is 0 Å². The van der Waals surface area contributed by atoms with Gasteiger partial charge in [-0.1, -0.05) is 0 Å². The molecule has 2 nitrogen and oxygen atoms in total. The molecule has 3 heteroatoms. The van der Waals surface area contributed by atoms with E-state index in [1.807, 2.05) is 0 Å². The van der Waals surface area contributed by atoms with Crippen LogP contribution in [0.3, 0.4) is 0 Å². The second-order valence-corrected chi connectivity index (χ2v) is 10.9. The van der Waals surface area contributed by atoms with Gasteiger partial charge in [0.1, 0.15) is 0 Å². The molecule has 3 aliphatic carbocycles. The fraction of sp³-hybridized carbons (Fsp3) is 1.00. The molecule has 3 fully saturated rings. The zero-order valence-corrected chi connectivity index (χ0v) is 15.1. The summed E-state index contributed by atoms with van der Waals surface area (Å²) >= 11 is 0.456. The van der Waals surface area contributed by atoms with Crippen molar-refractivity contribution in [3.8, 4) is 0 Å². The Morgan fingerprint density at radius 1 is 1.00 bits per heavy atom. The molecule has 3 aliphatic rings. The van der Waals surface area contributed by atoms with Crippen LogP contribution in [0.2, 0.25) is 0 Å². The van der Waals surface area contributed by atoms with Gasteiger partial charge in [-0.2, -0.15) is 0 Å². The third-order valence-corrected chi connectivity index (χ3v) is 9.28. The Labute approximate surface area is 134 Å². The average Bonchev–Trinajstić information content (AvgIpc) is 2.84. The van der Waals surface area contributed by atoms with E-state index in [4.69, 9.17) is 0 Å². The second kappa shape index (κ2) is 6.62. The van der Waals surface area contributed by atoms with Crippen molar-refractivity contribution in [2.24, 2.45) is 40.7 Å². The summed E-state index contributed by atoms with van der Waals surface area (Å²) in [5.41, 5.74) is 0. The van der Waals surface area contributed by atoms with Crippen molar-refractivity contribution in [3.05, 3.63) is 4.91 Å². The van der Waals surface area contributed by atoms with Crippen molar-refractivity contribution < 1.29 is 21.2 Å². The predicted molar refractivity (Wildman–Crippen MR) is 79.3 cm³/mol. The molecule has 116 valence electrons. The monoisotopic (exact) mass is 390 g/mol. The van der Waals surface area contributed by atoms with E-state index in [2.05, 4.69) is 19.0 Å². The Kier molecular flexibility index (Phi) is 5.04. The van der Waals surface area contributed by atoms with Crippen LogP contribution in [-0.4, -0.2) is 14.9 Å². The van der Waals surface area contributed by atoms with Crippen LogP contribution in [0.25, 0.3) is 0 Å². The minimum absolute atomic E-state index is 0.176. The van der Waals surface area contributed by atoms with E-state index in [9.17, 15) is 4.91 Å². The summed E-state index contributed by atoms with van der Waals surface area (Å²) in [4.78, 5) is 11.4. The molecule has 0 amide bonds. The zero-order valence-electron chi connectivity index (χ0n) is 12.9. The van der Waals surface area contributed by atoms with Crippen LogP contribution in [0.15, 0.2) is 5.18 Å². The van der Waals surface area contributed by atoms with Gasteiger partial charge in [-0.3, -0.25) is 0 Å². The zero-order chi connectivity index (χ0) is 14.1. The number of halogens is 1. The van der Waals surface area contributed by atoms with Crippen molar-refractivity contribution in [1.29, 1.82) is 0 Å². The summed E-state index contributed by atoms with van der Waals surface area (Å²) in [5, 5.41) is 3.63. The van der Waals surface area contributed by atoms with E-state index >= 15 is 0 Å². The molecule has 0 aliphatic heterocycles. The molecule has 0 bridgehead atoms. The van der Waals surface area contributed by atoms with E-state index < -0.39 is 0 Å². The molecule has 7 atom stereocenters. The van der Waals surface area contributed by atoms with E-state index in [0.717, 1.165) is 23.7 Å². The number of hydrogen-bond donors (Lipinski definition) is 0. The number of rotatable bonds is 4. The van der Waals surface area contributed by atoms with Gasteiger partial charge in [-0.25, -0.2) is 0 Å². The SMILES string of the molecule is CC[I-]CC1CCC2C3C[C@@H](C)CC3C(N=O)C2CC1. The molecule has 0 heterocycles. The molecule has 20 heavy (non-hydrogen) atoms. The first-order chi connectivity index (χ1) is 9.74. The maximum atomic E-state index is 11.4. The standard InChI is InChI=1S/C17H29INO/c1-3-18-10-12-4-6-13-14(7-5-12)17(19-20)16-9-11(2)8-15(13)16/h11-17H,3-10H2,1-2H3/q-1/t11-,12?,13?,14?,15?,16?,17?/m1/s1. The molecule has 0 radical (unpaired) electrons. The van der Waals surface area contributed by atoms with Crippen LogP contribution in [-0.2, 0) is 0 Å². The summed E-state index contributed by atoms with van der Waals surface area (Å²) in [7, 11) is 0. The molecule has 0 aromatic carbocycles. The Bertz CT molecular complexity index is 348. The van der Waals surface area contributed by atoms with Crippen molar-refractivity contribution >= 4 is 0 Å². The van der Waals surface area contributed by atoms with Gasteiger partial charge >= 0.3 is 134 Å². The summed E-state index contributed by atoms with van der Waals surface area (Å²) < 4.78 is 2.96. The molecule has 0 N–H and O–H groups in total. The fourth-order valence-corrected chi connectivity index (χ4v) is 7.92. The Hall–Kier alpha value is 0.330. The Morgan fingerprint density at radius 3 is 2.40 bits per heavy atom. The summed E-state index contributed by atoms with van der Waals surface area (Å²) in [6.45, 7) is 4.72. The summed E-state index contributed by atoms with van der Waals surface area (Å²) in [6, 6.07) is 0.176. The number of hydrogen-bond acceptors (Lipinski definition) is 2. The predicted octanol–water partition coefficient (Wildman–Crippen LogP) is 1.33. The molecule has 0 saturated heterocycles. The Morgan fingerprint density at radius 2 is 1.70 bits per heavy atom. The van der Waals surface area contributed by atoms with Gasteiger partial charge in [0.25, 0.3) is 0 Å².